The second kappa shape index (κ2) is 5.54. The molecule has 2 aromatic rings. The number of hydrogen-bond acceptors (Lipinski definition) is 5. The van der Waals surface area contributed by atoms with Crippen molar-refractivity contribution >= 4 is 33.0 Å². The lowest BCUT2D eigenvalue weighted by atomic mass is 10.1. The average Bonchev–Trinajstić information content (AvgIpc) is 2.85. The van der Waals surface area contributed by atoms with Crippen molar-refractivity contribution in [2.24, 2.45) is 0 Å². The van der Waals surface area contributed by atoms with Crippen molar-refractivity contribution in [3.05, 3.63) is 40.8 Å². The van der Waals surface area contributed by atoms with Gasteiger partial charge in [0.15, 0.2) is 8.68 Å². The predicted octanol–water partition coefficient (Wildman–Crippen LogP) is 2.57. The highest BCUT2D eigenvalue weighted by Gasteiger charge is 2.28. The molecule has 0 radical (unpaired) electrons. The Labute approximate surface area is 120 Å². The summed E-state index contributed by atoms with van der Waals surface area (Å²) in [6, 6.07) is 3.28. The van der Waals surface area contributed by atoms with Crippen LogP contribution in [0.15, 0.2) is 34.9 Å². The minimum absolute atomic E-state index is 0.140. The fourth-order valence-electron chi connectivity index (χ4n) is 1.56. The van der Waals surface area contributed by atoms with Gasteiger partial charge in [-0.2, -0.15) is 4.31 Å². The zero-order chi connectivity index (χ0) is 14.0. The minimum Gasteiger partial charge on any atom is -0.265 e. The van der Waals surface area contributed by atoms with E-state index in [0.717, 1.165) is 16.9 Å². The highest BCUT2D eigenvalue weighted by molar-refractivity contribution is 7.91. The molecule has 0 N–H and O–H groups in total. The third kappa shape index (κ3) is 2.94. The van der Waals surface area contributed by atoms with E-state index in [1.54, 1.807) is 24.5 Å². The van der Waals surface area contributed by atoms with Gasteiger partial charge in [0.05, 0.1) is 6.20 Å². The molecule has 0 aliphatic heterocycles. The van der Waals surface area contributed by atoms with E-state index in [0.29, 0.717) is 0 Å². The molecule has 0 saturated carbocycles. The molecule has 5 nitrogen and oxygen atoms in total. The van der Waals surface area contributed by atoms with Crippen LogP contribution in [0, 0.1) is 0 Å². The number of rotatable bonds is 4. The standard InChI is InChI=1S/C11H12ClN3O2S2/c1-8(9-3-5-13-6-4-9)15(2)19(16,17)10-7-14-11(12)18-10/h3-8H,1-2H3. The first-order chi connectivity index (χ1) is 8.93. The zero-order valence-electron chi connectivity index (χ0n) is 10.3. The molecule has 2 rings (SSSR count). The Morgan fingerprint density at radius 2 is 2.00 bits per heavy atom. The van der Waals surface area contributed by atoms with Gasteiger partial charge < -0.3 is 0 Å². The van der Waals surface area contributed by atoms with Crippen molar-refractivity contribution in [3.63, 3.8) is 0 Å². The van der Waals surface area contributed by atoms with Crippen molar-refractivity contribution < 1.29 is 8.42 Å². The van der Waals surface area contributed by atoms with E-state index in [1.807, 2.05) is 6.92 Å². The van der Waals surface area contributed by atoms with E-state index in [1.165, 1.54) is 17.5 Å². The minimum atomic E-state index is -3.58. The van der Waals surface area contributed by atoms with Crippen molar-refractivity contribution in [1.29, 1.82) is 0 Å². The van der Waals surface area contributed by atoms with Gasteiger partial charge in [-0.1, -0.05) is 22.9 Å². The third-order valence-corrected chi connectivity index (χ3v) is 6.30. The number of hydrogen-bond donors (Lipinski definition) is 0. The van der Waals surface area contributed by atoms with Crippen LogP contribution in [0.3, 0.4) is 0 Å². The predicted molar refractivity (Wildman–Crippen MR) is 74.7 cm³/mol. The van der Waals surface area contributed by atoms with E-state index in [2.05, 4.69) is 9.97 Å². The van der Waals surface area contributed by atoms with Gasteiger partial charge in [-0.25, -0.2) is 13.4 Å². The number of pyridine rings is 1. The summed E-state index contributed by atoms with van der Waals surface area (Å²) in [5.41, 5.74) is 0.872. The first-order valence-electron chi connectivity index (χ1n) is 5.42. The van der Waals surface area contributed by atoms with Gasteiger partial charge in [0.1, 0.15) is 0 Å². The molecule has 0 bridgehead atoms. The quantitative estimate of drug-likeness (QED) is 0.869. The van der Waals surface area contributed by atoms with Crippen molar-refractivity contribution in [3.8, 4) is 0 Å². The summed E-state index contributed by atoms with van der Waals surface area (Å²) in [4.78, 5) is 7.68. The molecule has 1 unspecified atom stereocenters. The molecule has 0 spiro atoms. The smallest absolute Gasteiger partial charge is 0.254 e. The van der Waals surface area contributed by atoms with Crippen LogP contribution in [0.1, 0.15) is 18.5 Å². The molecule has 1 atom stereocenters. The van der Waals surface area contributed by atoms with Gasteiger partial charge in [-0.3, -0.25) is 4.98 Å². The van der Waals surface area contributed by atoms with Crippen LogP contribution in [0.2, 0.25) is 4.47 Å². The Hall–Kier alpha value is -1.02. The first-order valence-corrected chi connectivity index (χ1v) is 8.05. The van der Waals surface area contributed by atoms with E-state index in [-0.39, 0.29) is 14.7 Å². The number of halogens is 1. The summed E-state index contributed by atoms with van der Waals surface area (Å²) >= 11 is 6.63. The molecule has 102 valence electrons. The summed E-state index contributed by atoms with van der Waals surface area (Å²) in [5, 5.41) is 0. The molecular formula is C11H12ClN3O2S2. The normalized spacial score (nSPS) is 13.7. The van der Waals surface area contributed by atoms with Crippen LogP contribution in [0.5, 0.6) is 0 Å². The van der Waals surface area contributed by atoms with Crippen molar-refractivity contribution in [2.45, 2.75) is 17.2 Å². The number of thiazole rings is 1. The van der Waals surface area contributed by atoms with Gasteiger partial charge in [-0.05, 0) is 24.6 Å². The van der Waals surface area contributed by atoms with Crippen LogP contribution in [0.4, 0.5) is 0 Å². The number of aromatic nitrogens is 2. The van der Waals surface area contributed by atoms with E-state index in [4.69, 9.17) is 11.6 Å². The molecular weight excluding hydrogens is 306 g/mol. The molecule has 0 amide bonds. The van der Waals surface area contributed by atoms with E-state index < -0.39 is 10.0 Å². The molecule has 0 saturated heterocycles. The number of sulfonamides is 1. The van der Waals surface area contributed by atoms with Crippen LogP contribution in [-0.2, 0) is 10.0 Å². The zero-order valence-corrected chi connectivity index (χ0v) is 12.7. The van der Waals surface area contributed by atoms with Gasteiger partial charge in [0.25, 0.3) is 10.0 Å². The Kier molecular flexibility index (Phi) is 4.19. The maximum atomic E-state index is 12.4. The maximum absolute atomic E-state index is 12.4. The van der Waals surface area contributed by atoms with Crippen LogP contribution in [0.25, 0.3) is 0 Å². The monoisotopic (exact) mass is 317 g/mol. The maximum Gasteiger partial charge on any atom is 0.254 e. The fraction of sp³-hybridized carbons (Fsp3) is 0.273. The second-order valence-corrected chi connectivity index (χ2v) is 7.75. The van der Waals surface area contributed by atoms with Crippen LogP contribution in [-0.4, -0.2) is 29.7 Å². The molecule has 0 aliphatic rings. The lowest BCUT2D eigenvalue weighted by Crippen LogP contribution is -2.29. The Morgan fingerprint density at radius 1 is 1.37 bits per heavy atom. The Balaban J connectivity index is 2.31. The Bertz CT molecular complexity index is 658. The van der Waals surface area contributed by atoms with Gasteiger partial charge in [0.2, 0.25) is 0 Å². The van der Waals surface area contributed by atoms with Gasteiger partial charge in [-0.15, -0.1) is 0 Å². The lowest BCUT2D eigenvalue weighted by molar-refractivity contribution is 0.399. The summed E-state index contributed by atoms with van der Waals surface area (Å²) in [7, 11) is -2.05. The molecule has 0 aromatic carbocycles. The molecule has 8 heteroatoms. The topological polar surface area (TPSA) is 63.2 Å². The third-order valence-electron chi connectivity index (χ3n) is 2.82. The summed E-state index contributed by atoms with van der Waals surface area (Å²) in [6.45, 7) is 1.82. The summed E-state index contributed by atoms with van der Waals surface area (Å²) in [6.07, 6.45) is 4.55. The highest BCUT2D eigenvalue weighted by Crippen LogP contribution is 2.29. The van der Waals surface area contributed by atoms with E-state index >= 15 is 0 Å². The van der Waals surface area contributed by atoms with Gasteiger partial charge in [0, 0.05) is 25.5 Å². The van der Waals surface area contributed by atoms with Crippen LogP contribution < -0.4 is 0 Å². The molecule has 2 heterocycles. The van der Waals surface area contributed by atoms with Gasteiger partial charge >= 0.3 is 0 Å². The van der Waals surface area contributed by atoms with E-state index in [9.17, 15) is 8.42 Å². The fourth-order valence-corrected chi connectivity index (χ4v) is 4.39. The number of nitrogens with zero attached hydrogens (tertiary/aromatic N) is 3. The molecule has 19 heavy (non-hydrogen) atoms. The highest BCUT2D eigenvalue weighted by atomic mass is 35.5. The molecule has 0 fully saturated rings. The van der Waals surface area contributed by atoms with Crippen molar-refractivity contribution in [1.82, 2.24) is 14.3 Å². The summed E-state index contributed by atoms with van der Waals surface area (Å²) in [5.74, 6) is 0. The van der Waals surface area contributed by atoms with Crippen LogP contribution >= 0.6 is 22.9 Å². The largest absolute Gasteiger partial charge is 0.265 e. The summed E-state index contributed by atoms with van der Waals surface area (Å²) < 4.78 is 26.4. The SMILES string of the molecule is CC(c1ccncc1)N(C)S(=O)(=O)c1cnc(Cl)s1. The lowest BCUT2D eigenvalue weighted by Gasteiger charge is -2.23. The second-order valence-electron chi connectivity index (χ2n) is 3.91. The molecule has 0 aliphatic carbocycles. The first kappa shape index (κ1) is 14.4. The van der Waals surface area contributed by atoms with Crippen molar-refractivity contribution in [2.75, 3.05) is 7.05 Å². The molecule has 2 aromatic heterocycles. The average molecular weight is 318 g/mol. The Morgan fingerprint density at radius 3 is 2.53 bits per heavy atom.